The van der Waals surface area contributed by atoms with E-state index < -0.39 is 0 Å². The first-order valence-electron chi connectivity index (χ1n) is 8.38. The van der Waals surface area contributed by atoms with E-state index in [1.807, 2.05) is 48.3 Å². The largest absolute Gasteiger partial charge is 0.456 e. The maximum atomic E-state index is 12.6. The van der Waals surface area contributed by atoms with Crippen LogP contribution in [0.5, 0.6) is 11.5 Å². The Hall–Kier alpha value is -2.40. The van der Waals surface area contributed by atoms with Gasteiger partial charge in [0.2, 0.25) is 0 Å². The van der Waals surface area contributed by atoms with E-state index in [-0.39, 0.29) is 5.91 Å². The highest BCUT2D eigenvalue weighted by Gasteiger charge is 2.23. The summed E-state index contributed by atoms with van der Waals surface area (Å²) in [6, 6.07) is 11.0. The lowest BCUT2D eigenvalue weighted by Gasteiger charge is -2.32. The predicted molar refractivity (Wildman–Crippen MR) is 93.3 cm³/mol. The third kappa shape index (κ3) is 4.11. The van der Waals surface area contributed by atoms with Gasteiger partial charge in [0.05, 0.1) is 6.20 Å². The highest BCUT2D eigenvalue weighted by Crippen LogP contribution is 2.22. The summed E-state index contributed by atoms with van der Waals surface area (Å²) >= 11 is 0. The van der Waals surface area contributed by atoms with Gasteiger partial charge in [-0.3, -0.25) is 9.78 Å². The van der Waals surface area contributed by atoms with Crippen molar-refractivity contribution in [2.75, 3.05) is 26.7 Å². The van der Waals surface area contributed by atoms with Gasteiger partial charge < -0.3 is 15.0 Å². The van der Waals surface area contributed by atoms with E-state index in [0.717, 1.165) is 32.5 Å². The molecule has 0 radical (unpaired) electrons. The second-order valence-corrected chi connectivity index (χ2v) is 6.11. The van der Waals surface area contributed by atoms with Gasteiger partial charge in [-0.25, -0.2) is 0 Å². The zero-order valence-electron chi connectivity index (χ0n) is 13.9. The fourth-order valence-corrected chi connectivity index (χ4v) is 3.02. The molecule has 24 heavy (non-hydrogen) atoms. The zero-order valence-corrected chi connectivity index (χ0v) is 13.9. The molecule has 1 aromatic carbocycles. The molecule has 1 aliphatic heterocycles. The standard InChI is InChI=1S/C19H23N3O2/c1-20-13-15-8-11-22(12-9-15)19(23)16-4-6-17(7-5-16)24-18-3-2-10-21-14-18/h2-7,10,14-15,20H,8-9,11-13H2,1H3. The van der Waals surface area contributed by atoms with Gasteiger partial charge in [-0.05, 0) is 68.8 Å². The van der Waals surface area contributed by atoms with Crippen LogP contribution in [0.25, 0.3) is 0 Å². The number of carbonyl (C=O) groups excluding carboxylic acids is 1. The minimum absolute atomic E-state index is 0.103. The van der Waals surface area contributed by atoms with Gasteiger partial charge in [0.1, 0.15) is 11.5 Å². The van der Waals surface area contributed by atoms with E-state index in [2.05, 4.69) is 10.3 Å². The van der Waals surface area contributed by atoms with E-state index in [1.54, 1.807) is 12.4 Å². The molecular weight excluding hydrogens is 302 g/mol. The lowest BCUT2D eigenvalue weighted by Crippen LogP contribution is -2.40. The molecule has 0 atom stereocenters. The summed E-state index contributed by atoms with van der Waals surface area (Å²) in [5, 5.41) is 3.22. The number of likely N-dealkylation sites (tertiary alicyclic amines) is 1. The van der Waals surface area contributed by atoms with Crippen LogP contribution >= 0.6 is 0 Å². The number of amides is 1. The van der Waals surface area contributed by atoms with E-state index >= 15 is 0 Å². The lowest BCUT2D eigenvalue weighted by molar-refractivity contribution is 0.0691. The van der Waals surface area contributed by atoms with Crippen molar-refractivity contribution in [3.63, 3.8) is 0 Å². The minimum atomic E-state index is 0.103. The van der Waals surface area contributed by atoms with E-state index in [9.17, 15) is 4.79 Å². The van der Waals surface area contributed by atoms with Crippen LogP contribution in [0.4, 0.5) is 0 Å². The van der Waals surface area contributed by atoms with Gasteiger partial charge in [0, 0.05) is 24.8 Å². The zero-order chi connectivity index (χ0) is 16.8. The van der Waals surface area contributed by atoms with Gasteiger partial charge in [-0.1, -0.05) is 0 Å². The van der Waals surface area contributed by atoms with Gasteiger partial charge in [0.15, 0.2) is 0 Å². The summed E-state index contributed by atoms with van der Waals surface area (Å²) in [4.78, 5) is 18.6. The molecule has 2 aromatic rings. The van der Waals surface area contributed by atoms with E-state index in [0.29, 0.717) is 23.0 Å². The van der Waals surface area contributed by atoms with Crippen LogP contribution in [0.3, 0.4) is 0 Å². The number of carbonyl (C=O) groups is 1. The first-order valence-corrected chi connectivity index (χ1v) is 8.38. The third-order valence-electron chi connectivity index (χ3n) is 4.37. The molecule has 1 amide bonds. The molecule has 0 unspecified atom stereocenters. The van der Waals surface area contributed by atoms with Crippen molar-refractivity contribution in [3.8, 4) is 11.5 Å². The molecule has 0 spiro atoms. The highest BCUT2D eigenvalue weighted by molar-refractivity contribution is 5.94. The number of nitrogens with one attached hydrogen (secondary N) is 1. The van der Waals surface area contributed by atoms with Crippen molar-refractivity contribution in [1.82, 2.24) is 15.2 Å². The number of aromatic nitrogens is 1. The Kier molecular flexibility index (Phi) is 5.43. The van der Waals surface area contributed by atoms with Gasteiger partial charge in [-0.15, -0.1) is 0 Å². The molecule has 0 saturated carbocycles. The first kappa shape index (κ1) is 16.5. The molecule has 0 bridgehead atoms. The Morgan fingerprint density at radius 3 is 2.58 bits per heavy atom. The molecular formula is C19H23N3O2. The van der Waals surface area contributed by atoms with Gasteiger partial charge in [0.25, 0.3) is 5.91 Å². The monoisotopic (exact) mass is 325 g/mol. The average Bonchev–Trinajstić information content (AvgIpc) is 2.64. The SMILES string of the molecule is CNCC1CCN(C(=O)c2ccc(Oc3cccnc3)cc2)CC1. The van der Waals surface area contributed by atoms with Crippen LogP contribution in [0.1, 0.15) is 23.2 Å². The van der Waals surface area contributed by atoms with Crippen LogP contribution < -0.4 is 10.1 Å². The summed E-state index contributed by atoms with van der Waals surface area (Å²) in [6.45, 7) is 2.70. The Morgan fingerprint density at radius 2 is 1.96 bits per heavy atom. The molecule has 1 saturated heterocycles. The summed E-state index contributed by atoms with van der Waals surface area (Å²) in [6.07, 6.45) is 5.49. The van der Waals surface area contributed by atoms with Gasteiger partial charge >= 0.3 is 0 Å². The third-order valence-corrected chi connectivity index (χ3v) is 4.37. The maximum Gasteiger partial charge on any atom is 0.253 e. The molecule has 2 heterocycles. The topological polar surface area (TPSA) is 54.5 Å². The highest BCUT2D eigenvalue weighted by atomic mass is 16.5. The number of benzene rings is 1. The number of ether oxygens (including phenoxy) is 1. The second-order valence-electron chi connectivity index (χ2n) is 6.11. The number of hydrogen-bond acceptors (Lipinski definition) is 4. The Labute approximate surface area is 142 Å². The normalized spacial score (nSPS) is 15.3. The first-order chi connectivity index (χ1) is 11.8. The predicted octanol–water partition coefficient (Wildman–Crippen LogP) is 2.95. The van der Waals surface area contributed by atoms with Crippen LogP contribution in [-0.2, 0) is 0 Å². The molecule has 0 aliphatic carbocycles. The molecule has 126 valence electrons. The molecule has 5 heteroatoms. The Morgan fingerprint density at radius 1 is 1.21 bits per heavy atom. The van der Waals surface area contributed by atoms with Crippen molar-refractivity contribution in [2.24, 2.45) is 5.92 Å². The quantitative estimate of drug-likeness (QED) is 0.918. The molecule has 3 rings (SSSR count). The number of hydrogen-bond donors (Lipinski definition) is 1. The number of nitrogens with zero attached hydrogens (tertiary/aromatic N) is 2. The number of rotatable bonds is 5. The van der Waals surface area contributed by atoms with Gasteiger partial charge in [-0.2, -0.15) is 0 Å². The fourth-order valence-electron chi connectivity index (χ4n) is 3.02. The molecule has 1 fully saturated rings. The Balaban J connectivity index is 1.58. The smallest absolute Gasteiger partial charge is 0.253 e. The van der Waals surface area contributed by atoms with Crippen molar-refractivity contribution >= 4 is 5.91 Å². The van der Waals surface area contributed by atoms with Crippen molar-refractivity contribution in [3.05, 3.63) is 54.4 Å². The van der Waals surface area contributed by atoms with Crippen LogP contribution in [0.15, 0.2) is 48.8 Å². The molecule has 1 aliphatic rings. The maximum absolute atomic E-state index is 12.6. The summed E-state index contributed by atoms with van der Waals surface area (Å²) in [5.74, 6) is 2.16. The van der Waals surface area contributed by atoms with Crippen LogP contribution in [0, 0.1) is 5.92 Å². The Bertz CT molecular complexity index is 650. The second kappa shape index (κ2) is 7.93. The van der Waals surface area contributed by atoms with Crippen molar-refractivity contribution in [1.29, 1.82) is 0 Å². The van der Waals surface area contributed by atoms with E-state index in [1.165, 1.54) is 0 Å². The molecule has 1 N–H and O–H groups in total. The van der Waals surface area contributed by atoms with E-state index in [4.69, 9.17) is 4.74 Å². The van der Waals surface area contributed by atoms with Crippen molar-refractivity contribution < 1.29 is 9.53 Å². The molecule has 5 nitrogen and oxygen atoms in total. The fraction of sp³-hybridized carbons (Fsp3) is 0.368. The number of piperidine rings is 1. The van der Waals surface area contributed by atoms with Crippen LogP contribution in [0.2, 0.25) is 0 Å². The summed E-state index contributed by atoms with van der Waals surface area (Å²) < 4.78 is 5.71. The lowest BCUT2D eigenvalue weighted by atomic mass is 9.96. The molecule has 1 aromatic heterocycles. The average molecular weight is 325 g/mol. The van der Waals surface area contributed by atoms with Crippen molar-refractivity contribution in [2.45, 2.75) is 12.8 Å². The minimum Gasteiger partial charge on any atom is -0.456 e. The summed E-state index contributed by atoms with van der Waals surface area (Å²) in [7, 11) is 1.98. The summed E-state index contributed by atoms with van der Waals surface area (Å²) in [5.41, 5.74) is 0.709. The number of pyridine rings is 1. The van der Waals surface area contributed by atoms with Crippen LogP contribution in [-0.4, -0.2) is 42.5 Å².